The van der Waals surface area contributed by atoms with Gasteiger partial charge in [-0.2, -0.15) is 0 Å². The van der Waals surface area contributed by atoms with Crippen LogP contribution >= 0.6 is 51.3 Å². The average molecular weight is 471 g/mol. The predicted octanol–water partition coefficient (Wildman–Crippen LogP) is 4.52. The fourth-order valence-electron chi connectivity index (χ4n) is 2.28. The Morgan fingerprint density at radius 3 is 2.46 bits per heavy atom. The van der Waals surface area contributed by atoms with Gasteiger partial charge in [0.05, 0.1) is 21.4 Å². The number of nitrogens with zero attached hydrogens (tertiary/aromatic N) is 2. The minimum atomic E-state index is -1.11. The third kappa shape index (κ3) is 3.96. The highest BCUT2D eigenvalue weighted by atomic mass is 79.9. The number of nitrogens with one attached hydrogen (secondary N) is 1. The SMILES string of the molecule is O=C1NC(=S)N(c2ccc(Br)cc2)C(=O)[C@H]1C=Nc1ccc(Cl)c(Cl)c1. The number of halogens is 3. The molecule has 5 nitrogen and oxygen atoms in total. The van der Waals surface area contributed by atoms with Gasteiger partial charge >= 0.3 is 0 Å². The maximum absolute atomic E-state index is 12.8. The summed E-state index contributed by atoms with van der Waals surface area (Å²) < 4.78 is 0.860. The molecule has 1 fully saturated rings. The topological polar surface area (TPSA) is 61.8 Å². The van der Waals surface area contributed by atoms with Crippen LogP contribution in [0.4, 0.5) is 11.4 Å². The van der Waals surface area contributed by atoms with Gasteiger partial charge in [-0.25, -0.2) is 0 Å². The fraction of sp³-hybridized carbons (Fsp3) is 0.0588. The van der Waals surface area contributed by atoms with Crippen LogP contribution in [0.5, 0.6) is 0 Å². The molecule has 2 amide bonds. The lowest BCUT2D eigenvalue weighted by molar-refractivity contribution is -0.130. The highest BCUT2D eigenvalue weighted by Crippen LogP contribution is 2.27. The standard InChI is InChI=1S/C17H10BrCl2N3O2S/c18-9-1-4-11(5-2-9)23-16(25)12(15(24)22-17(23)26)8-21-10-3-6-13(19)14(20)7-10/h1-8,12H,(H,22,24,26)/t12-/m0/s1. The van der Waals surface area contributed by atoms with Crippen molar-refractivity contribution in [3.8, 4) is 0 Å². The van der Waals surface area contributed by atoms with Crippen molar-refractivity contribution in [2.75, 3.05) is 4.90 Å². The van der Waals surface area contributed by atoms with Crippen LogP contribution in [0.3, 0.4) is 0 Å². The summed E-state index contributed by atoms with van der Waals surface area (Å²) in [6.45, 7) is 0. The number of rotatable bonds is 3. The molecule has 1 aliphatic rings. The van der Waals surface area contributed by atoms with Crippen LogP contribution in [0.2, 0.25) is 10.0 Å². The molecule has 0 unspecified atom stereocenters. The van der Waals surface area contributed by atoms with Crippen LogP contribution in [0.15, 0.2) is 51.9 Å². The van der Waals surface area contributed by atoms with E-state index in [0.717, 1.165) is 4.47 Å². The van der Waals surface area contributed by atoms with E-state index in [1.54, 1.807) is 42.5 Å². The lowest BCUT2D eigenvalue weighted by Gasteiger charge is -2.30. The zero-order valence-electron chi connectivity index (χ0n) is 12.9. The van der Waals surface area contributed by atoms with Gasteiger partial charge in [0, 0.05) is 10.7 Å². The molecule has 2 aromatic carbocycles. The highest BCUT2D eigenvalue weighted by molar-refractivity contribution is 9.10. The third-order valence-corrected chi connectivity index (χ3v) is 5.12. The quantitative estimate of drug-likeness (QED) is 0.407. The lowest BCUT2D eigenvalue weighted by atomic mass is 10.1. The number of hydrogen-bond donors (Lipinski definition) is 1. The maximum Gasteiger partial charge on any atom is 0.251 e. The van der Waals surface area contributed by atoms with E-state index >= 15 is 0 Å². The maximum atomic E-state index is 12.8. The number of aliphatic imine (C=N–C) groups is 1. The summed E-state index contributed by atoms with van der Waals surface area (Å²) in [6.07, 6.45) is 1.27. The summed E-state index contributed by atoms with van der Waals surface area (Å²) in [7, 11) is 0. The number of benzene rings is 2. The zero-order chi connectivity index (χ0) is 18.8. The summed E-state index contributed by atoms with van der Waals surface area (Å²) in [5, 5.41) is 3.28. The molecule has 3 rings (SSSR count). The Bertz CT molecular complexity index is 934. The largest absolute Gasteiger partial charge is 0.301 e. The number of thiocarbonyl (C=S) groups is 1. The molecule has 1 N–H and O–H groups in total. The third-order valence-electron chi connectivity index (χ3n) is 3.56. The van der Waals surface area contributed by atoms with E-state index in [2.05, 4.69) is 26.2 Å². The average Bonchev–Trinajstić information content (AvgIpc) is 2.59. The first-order valence-electron chi connectivity index (χ1n) is 7.30. The minimum Gasteiger partial charge on any atom is -0.301 e. The van der Waals surface area contributed by atoms with Gasteiger partial charge in [0.25, 0.3) is 5.91 Å². The molecule has 9 heteroatoms. The fourth-order valence-corrected chi connectivity index (χ4v) is 3.14. The molecule has 132 valence electrons. The molecular weight excluding hydrogens is 461 g/mol. The monoisotopic (exact) mass is 469 g/mol. The summed E-state index contributed by atoms with van der Waals surface area (Å²) in [4.78, 5) is 30.4. The first-order chi connectivity index (χ1) is 12.4. The van der Waals surface area contributed by atoms with Crippen molar-refractivity contribution in [1.82, 2.24) is 5.32 Å². The Kier molecular flexibility index (Phi) is 5.72. The van der Waals surface area contributed by atoms with Crippen LogP contribution in [-0.2, 0) is 9.59 Å². The van der Waals surface area contributed by atoms with Crippen molar-refractivity contribution in [2.24, 2.45) is 10.9 Å². The number of hydrogen-bond acceptors (Lipinski definition) is 4. The van der Waals surface area contributed by atoms with E-state index in [9.17, 15) is 9.59 Å². The molecule has 1 heterocycles. The number of carbonyl (C=O) groups is 2. The Labute approximate surface area is 173 Å². The summed E-state index contributed by atoms with van der Waals surface area (Å²) in [5.41, 5.74) is 1.03. The molecule has 0 aromatic heterocycles. The summed E-state index contributed by atoms with van der Waals surface area (Å²) in [5.74, 6) is -2.12. The number of amides is 2. The molecule has 1 aliphatic heterocycles. The molecule has 0 aliphatic carbocycles. The molecule has 26 heavy (non-hydrogen) atoms. The van der Waals surface area contributed by atoms with Crippen molar-refractivity contribution in [2.45, 2.75) is 0 Å². The van der Waals surface area contributed by atoms with Crippen molar-refractivity contribution in [1.29, 1.82) is 0 Å². The van der Waals surface area contributed by atoms with Gasteiger partial charge in [0.1, 0.15) is 0 Å². The summed E-state index contributed by atoms with van der Waals surface area (Å²) in [6, 6.07) is 11.8. The van der Waals surface area contributed by atoms with E-state index in [-0.39, 0.29) is 5.11 Å². The van der Waals surface area contributed by atoms with Crippen LogP contribution in [0, 0.1) is 5.92 Å². The van der Waals surface area contributed by atoms with Gasteiger partial charge in [0.15, 0.2) is 11.0 Å². The number of carbonyl (C=O) groups excluding carboxylic acids is 2. The van der Waals surface area contributed by atoms with E-state index in [1.165, 1.54) is 11.1 Å². The van der Waals surface area contributed by atoms with Gasteiger partial charge in [0.2, 0.25) is 5.91 Å². The van der Waals surface area contributed by atoms with Crippen LogP contribution in [-0.4, -0.2) is 23.1 Å². The number of anilines is 1. The van der Waals surface area contributed by atoms with Crippen molar-refractivity contribution >= 4 is 85.9 Å². The molecule has 1 saturated heterocycles. The first kappa shape index (κ1) is 19.0. The van der Waals surface area contributed by atoms with Gasteiger partial charge in [-0.05, 0) is 54.7 Å². The van der Waals surface area contributed by atoms with Crippen molar-refractivity contribution < 1.29 is 9.59 Å². The smallest absolute Gasteiger partial charge is 0.251 e. The Morgan fingerprint density at radius 1 is 1.12 bits per heavy atom. The Hall–Kier alpha value is -1.80. The normalized spacial score (nSPS) is 17.7. The second kappa shape index (κ2) is 7.84. The molecule has 1 atom stereocenters. The second-order valence-electron chi connectivity index (χ2n) is 5.30. The van der Waals surface area contributed by atoms with Gasteiger partial charge < -0.3 is 5.32 Å². The molecule has 0 spiro atoms. The molecule has 2 aromatic rings. The lowest BCUT2D eigenvalue weighted by Crippen LogP contribution is -2.58. The molecule has 0 radical (unpaired) electrons. The molecule has 0 bridgehead atoms. The van der Waals surface area contributed by atoms with E-state index in [4.69, 9.17) is 35.4 Å². The van der Waals surface area contributed by atoms with E-state index in [1.807, 2.05) is 0 Å². The Balaban J connectivity index is 1.88. The molecule has 0 saturated carbocycles. The first-order valence-corrected chi connectivity index (χ1v) is 9.26. The summed E-state index contributed by atoms with van der Waals surface area (Å²) >= 11 is 20.3. The van der Waals surface area contributed by atoms with Crippen LogP contribution in [0.25, 0.3) is 0 Å². The second-order valence-corrected chi connectivity index (χ2v) is 7.42. The zero-order valence-corrected chi connectivity index (χ0v) is 16.9. The van der Waals surface area contributed by atoms with Crippen molar-refractivity contribution in [3.05, 3.63) is 57.0 Å². The predicted molar refractivity (Wildman–Crippen MR) is 110 cm³/mol. The van der Waals surface area contributed by atoms with Crippen LogP contribution in [0.1, 0.15) is 0 Å². The highest BCUT2D eigenvalue weighted by Gasteiger charge is 2.38. The van der Waals surface area contributed by atoms with E-state index in [0.29, 0.717) is 21.4 Å². The van der Waals surface area contributed by atoms with Gasteiger partial charge in [-0.1, -0.05) is 39.1 Å². The van der Waals surface area contributed by atoms with Gasteiger partial charge in [-0.15, -0.1) is 0 Å². The molecular formula is C17H10BrCl2N3O2S. The van der Waals surface area contributed by atoms with E-state index < -0.39 is 17.7 Å². The van der Waals surface area contributed by atoms with Gasteiger partial charge in [-0.3, -0.25) is 19.5 Å². The minimum absolute atomic E-state index is 0.0292. The Morgan fingerprint density at radius 2 is 1.81 bits per heavy atom. The van der Waals surface area contributed by atoms with Crippen LogP contribution < -0.4 is 10.2 Å². The van der Waals surface area contributed by atoms with Crippen molar-refractivity contribution in [3.63, 3.8) is 0 Å².